The van der Waals surface area contributed by atoms with Gasteiger partial charge in [0.2, 0.25) is 5.91 Å². The molecule has 0 unspecified atom stereocenters. The second-order valence-electron chi connectivity index (χ2n) is 7.30. The van der Waals surface area contributed by atoms with Crippen LogP contribution in [0.15, 0.2) is 60.1 Å². The lowest BCUT2D eigenvalue weighted by Crippen LogP contribution is -2.45. The zero-order valence-corrected chi connectivity index (χ0v) is 18.0. The summed E-state index contributed by atoms with van der Waals surface area (Å²) in [6.45, 7) is 2.12. The summed E-state index contributed by atoms with van der Waals surface area (Å²) in [6.07, 6.45) is 2.36. The molecule has 2 atom stereocenters. The van der Waals surface area contributed by atoms with Crippen LogP contribution in [0.1, 0.15) is 34.9 Å². The summed E-state index contributed by atoms with van der Waals surface area (Å²) in [5.41, 5.74) is 2.68. The maximum Gasteiger partial charge on any atom is 0.311 e. The second-order valence-corrected chi connectivity index (χ2v) is 8.67. The Labute approximate surface area is 184 Å². The van der Waals surface area contributed by atoms with Gasteiger partial charge in [0, 0.05) is 28.7 Å². The van der Waals surface area contributed by atoms with Gasteiger partial charge in [0.15, 0.2) is 0 Å². The number of halogens is 1. The topological polar surface area (TPSA) is 59.5 Å². The number of anilines is 1. The molecule has 30 heavy (non-hydrogen) atoms. The highest BCUT2D eigenvalue weighted by molar-refractivity contribution is 7.10. The molecule has 1 saturated heterocycles. The van der Waals surface area contributed by atoms with E-state index in [1.807, 2.05) is 48.7 Å². The van der Waals surface area contributed by atoms with E-state index in [4.69, 9.17) is 16.3 Å². The first-order chi connectivity index (χ1) is 14.5. The molecule has 1 aromatic carbocycles. The van der Waals surface area contributed by atoms with E-state index >= 15 is 0 Å². The number of amides is 1. The first-order valence-corrected chi connectivity index (χ1v) is 11.0. The second kappa shape index (κ2) is 8.98. The number of ether oxygens (including phenoxy) is 1. The first-order valence-electron chi connectivity index (χ1n) is 9.72. The summed E-state index contributed by atoms with van der Waals surface area (Å²) < 4.78 is 5.62. The molecular formula is C23H21ClN2O3S. The van der Waals surface area contributed by atoms with Crippen LogP contribution in [0.5, 0.6) is 0 Å². The number of carbonyl (C=O) groups is 2. The molecule has 0 N–H and O–H groups in total. The van der Waals surface area contributed by atoms with Gasteiger partial charge in [-0.25, -0.2) is 4.98 Å². The van der Waals surface area contributed by atoms with Crippen LogP contribution in [0.4, 0.5) is 5.69 Å². The normalized spacial score (nSPS) is 19.0. The third-order valence-electron chi connectivity index (χ3n) is 5.22. The molecular weight excluding hydrogens is 420 g/mol. The molecule has 0 aliphatic carbocycles. The van der Waals surface area contributed by atoms with E-state index in [0.717, 1.165) is 21.7 Å². The molecule has 7 heteroatoms. The van der Waals surface area contributed by atoms with E-state index < -0.39 is 5.92 Å². The zero-order chi connectivity index (χ0) is 21.1. The lowest BCUT2D eigenvalue weighted by molar-refractivity contribution is -0.152. The van der Waals surface area contributed by atoms with Crippen molar-refractivity contribution in [2.24, 2.45) is 5.92 Å². The summed E-state index contributed by atoms with van der Waals surface area (Å²) in [4.78, 5) is 32.7. The number of carbonyl (C=O) groups excluding carboxylic acids is 2. The van der Waals surface area contributed by atoms with Crippen molar-refractivity contribution in [1.82, 2.24) is 4.98 Å². The monoisotopic (exact) mass is 440 g/mol. The van der Waals surface area contributed by atoms with Crippen molar-refractivity contribution in [1.29, 1.82) is 0 Å². The smallest absolute Gasteiger partial charge is 0.311 e. The van der Waals surface area contributed by atoms with Gasteiger partial charge in [0.25, 0.3) is 0 Å². The van der Waals surface area contributed by atoms with Crippen molar-refractivity contribution in [2.45, 2.75) is 32.4 Å². The number of aryl methyl sites for hydroxylation is 1. The predicted octanol–water partition coefficient (Wildman–Crippen LogP) is 5.33. The number of thiophene rings is 1. The Hall–Kier alpha value is -2.70. The molecule has 3 heterocycles. The molecule has 0 spiro atoms. The van der Waals surface area contributed by atoms with Crippen LogP contribution in [0.3, 0.4) is 0 Å². The van der Waals surface area contributed by atoms with Crippen molar-refractivity contribution >= 4 is 40.5 Å². The van der Waals surface area contributed by atoms with Crippen molar-refractivity contribution in [3.05, 3.63) is 81.3 Å². The van der Waals surface area contributed by atoms with E-state index in [1.165, 1.54) is 0 Å². The van der Waals surface area contributed by atoms with Crippen molar-refractivity contribution < 1.29 is 14.3 Å². The van der Waals surface area contributed by atoms with Gasteiger partial charge >= 0.3 is 5.97 Å². The predicted molar refractivity (Wildman–Crippen MR) is 117 cm³/mol. The lowest BCUT2D eigenvalue weighted by atomic mass is 9.87. The maximum atomic E-state index is 13.1. The molecule has 1 aliphatic rings. The number of hydrogen-bond donors (Lipinski definition) is 0. The Bertz CT molecular complexity index is 1020. The van der Waals surface area contributed by atoms with Gasteiger partial charge in [-0.15, -0.1) is 11.3 Å². The largest absolute Gasteiger partial charge is 0.460 e. The number of aromatic nitrogens is 1. The number of pyridine rings is 1. The Morgan fingerprint density at radius 1 is 1.23 bits per heavy atom. The van der Waals surface area contributed by atoms with Gasteiger partial charge in [-0.05, 0) is 43.0 Å². The number of hydrogen-bond acceptors (Lipinski definition) is 5. The molecule has 4 rings (SSSR count). The van der Waals surface area contributed by atoms with Crippen LogP contribution in [0, 0.1) is 12.8 Å². The minimum atomic E-state index is -0.442. The molecule has 5 nitrogen and oxygen atoms in total. The fourth-order valence-corrected chi connectivity index (χ4v) is 4.68. The summed E-state index contributed by atoms with van der Waals surface area (Å²) in [6, 6.07) is 14.8. The van der Waals surface area contributed by atoms with Gasteiger partial charge < -0.3 is 9.64 Å². The quantitative estimate of drug-likeness (QED) is 0.397. The van der Waals surface area contributed by atoms with E-state index in [2.05, 4.69) is 4.98 Å². The van der Waals surface area contributed by atoms with Gasteiger partial charge in [0.05, 0.1) is 12.0 Å². The Balaban J connectivity index is 1.60. The molecule has 154 valence electrons. The maximum absolute atomic E-state index is 13.1. The van der Waals surface area contributed by atoms with Gasteiger partial charge in [-0.1, -0.05) is 41.4 Å². The number of nitrogens with zero attached hydrogens (tertiary/aromatic N) is 2. The highest BCUT2D eigenvalue weighted by Crippen LogP contribution is 2.42. The minimum absolute atomic E-state index is 0.0169. The molecule has 1 aliphatic heterocycles. The molecule has 2 aromatic heterocycles. The molecule has 1 amide bonds. The minimum Gasteiger partial charge on any atom is -0.460 e. The van der Waals surface area contributed by atoms with Crippen LogP contribution < -0.4 is 4.90 Å². The fourth-order valence-electron chi connectivity index (χ4n) is 3.69. The molecule has 3 aromatic rings. The Morgan fingerprint density at radius 3 is 2.70 bits per heavy atom. The van der Waals surface area contributed by atoms with Crippen LogP contribution in [0.2, 0.25) is 5.15 Å². The third-order valence-corrected chi connectivity index (χ3v) is 6.38. The number of esters is 1. The number of rotatable bonds is 5. The average Bonchev–Trinajstić information content (AvgIpc) is 3.28. The average molecular weight is 441 g/mol. The van der Waals surface area contributed by atoms with E-state index in [1.54, 1.807) is 34.6 Å². The number of benzene rings is 1. The summed E-state index contributed by atoms with van der Waals surface area (Å²) in [5.74, 6) is -0.737. The fraction of sp³-hybridized carbons (Fsp3) is 0.261. The van der Waals surface area contributed by atoms with Gasteiger partial charge in [-0.3, -0.25) is 9.59 Å². The van der Waals surface area contributed by atoms with Crippen LogP contribution in [-0.2, 0) is 20.9 Å². The SMILES string of the molecule is Cc1ccc(N2C(=O)CC[C@@H](C(=O)OCc3ccc(Cl)nc3)[C@@H]2c2cccs2)cc1. The highest BCUT2D eigenvalue weighted by atomic mass is 35.5. The Morgan fingerprint density at radius 2 is 2.03 bits per heavy atom. The summed E-state index contributed by atoms with van der Waals surface area (Å²) in [5, 5.41) is 2.35. The van der Waals surface area contributed by atoms with E-state index in [0.29, 0.717) is 18.0 Å². The van der Waals surface area contributed by atoms with E-state index in [9.17, 15) is 9.59 Å². The van der Waals surface area contributed by atoms with Crippen LogP contribution in [0.25, 0.3) is 0 Å². The lowest BCUT2D eigenvalue weighted by Gasteiger charge is -2.39. The van der Waals surface area contributed by atoms with Crippen molar-refractivity contribution in [3.63, 3.8) is 0 Å². The summed E-state index contributed by atoms with van der Waals surface area (Å²) >= 11 is 7.36. The van der Waals surface area contributed by atoms with Gasteiger partial charge in [-0.2, -0.15) is 0 Å². The third kappa shape index (κ3) is 4.40. The number of piperidine rings is 1. The highest BCUT2D eigenvalue weighted by Gasteiger charge is 2.42. The van der Waals surface area contributed by atoms with Crippen LogP contribution >= 0.6 is 22.9 Å². The van der Waals surface area contributed by atoms with Gasteiger partial charge in [0.1, 0.15) is 11.8 Å². The van der Waals surface area contributed by atoms with Crippen molar-refractivity contribution in [2.75, 3.05) is 4.90 Å². The Kier molecular flexibility index (Phi) is 6.16. The van der Waals surface area contributed by atoms with Crippen LogP contribution in [-0.4, -0.2) is 16.9 Å². The molecule has 1 fully saturated rings. The zero-order valence-electron chi connectivity index (χ0n) is 16.5. The molecule has 0 bridgehead atoms. The molecule has 0 radical (unpaired) electrons. The summed E-state index contributed by atoms with van der Waals surface area (Å²) in [7, 11) is 0. The standard InChI is InChI=1S/C23H21ClN2O3S/c1-15-4-7-17(8-5-15)26-21(27)11-9-18(22(26)19-3-2-12-30-19)23(28)29-14-16-6-10-20(24)25-13-16/h2-8,10,12-13,18,22H,9,11,14H2,1H3/t18-,22-/m1/s1. The molecule has 0 saturated carbocycles. The van der Waals surface area contributed by atoms with E-state index in [-0.39, 0.29) is 24.5 Å². The van der Waals surface area contributed by atoms with Crippen molar-refractivity contribution in [3.8, 4) is 0 Å². The first kappa shape index (κ1) is 20.6.